The summed E-state index contributed by atoms with van der Waals surface area (Å²) in [6.07, 6.45) is -3.24. The molecule has 0 unspecified atom stereocenters. The molecule has 0 saturated heterocycles. The molecule has 0 bridgehead atoms. The summed E-state index contributed by atoms with van der Waals surface area (Å²) in [5, 5.41) is 5.58. The van der Waals surface area contributed by atoms with Crippen LogP contribution in [0.1, 0.15) is 10.4 Å². The van der Waals surface area contributed by atoms with Gasteiger partial charge in [-0.1, -0.05) is 23.4 Å². The quantitative estimate of drug-likeness (QED) is 0.430. The molecule has 3 aromatic heterocycles. The smallest absolute Gasteiger partial charge is 0.368 e. The Kier molecular flexibility index (Phi) is 6.03. The van der Waals surface area contributed by atoms with E-state index in [1.54, 1.807) is 17.3 Å². The third-order valence-corrected chi connectivity index (χ3v) is 4.41. The second-order valence-corrected chi connectivity index (χ2v) is 6.83. The maximum Gasteiger partial charge on any atom is 0.405 e. The minimum Gasteiger partial charge on any atom is -0.368 e. The lowest BCUT2D eigenvalue weighted by Crippen LogP contribution is -2.34. The molecule has 0 aliphatic heterocycles. The van der Waals surface area contributed by atoms with Gasteiger partial charge in [0.05, 0.1) is 5.56 Å². The highest BCUT2D eigenvalue weighted by atomic mass is 19.4. The lowest BCUT2D eigenvalue weighted by atomic mass is 10.1. The highest BCUT2D eigenvalue weighted by Crippen LogP contribution is 2.25. The van der Waals surface area contributed by atoms with E-state index in [1.807, 2.05) is 30.3 Å². The van der Waals surface area contributed by atoms with Gasteiger partial charge in [-0.15, -0.1) is 0 Å². The van der Waals surface area contributed by atoms with Crippen molar-refractivity contribution >= 4 is 23.5 Å². The maximum absolute atomic E-state index is 12.5. The van der Waals surface area contributed by atoms with E-state index in [9.17, 15) is 18.0 Å². The number of nitrogens with two attached hydrogens (primary N) is 1. The Morgan fingerprint density at radius 1 is 1.06 bits per heavy atom. The molecule has 0 radical (unpaired) electrons. The van der Waals surface area contributed by atoms with Crippen LogP contribution in [0.4, 0.5) is 30.8 Å². The number of halogens is 3. The van der Waals surface area contributed by atoms with Crippen LogP contribution in [0.25, 0.3) is 23.2 Å². The lowest BCUT2D eigenvalue weighted by molar-refractivity contribution is -0.123. The zero-order valence-corrected chi connectivity index (χ0v) is 17.5. The predicted octanol–water partition coefficient (Wildman–Crippen LogP) is 2.63. The molecule has 34 heavy (non-hydrogen) atoms. The number of benzene rings is 1. The Morgan fingerprint density at radius 2 is 1.82 bits per heavy atom. The number of hydrogen-bond acceptors (Lipinski definition) is 10. The van der Waals surface area contributed by atoms with Gasteiger partial charge in [0.2, 0.25) is 23.5 Å². The lowest BCUT2D eigenvalue weighted by Gasteiger charge is -2.17. The first-order valence-corrected chi connectivity index (χ1v) is 9.66. The van der Waals surface area contributed by atoms with Crippen molar-refractivity contribution in [1.29, 1.82) is 0 Å². The van der Waals surface area contributed by atoms with Crippen molar-refractivity contribution in [3.05, 3.63) is 54.2 Å². The summed E-state index contributed by atoms with van der Waals surface area (Å²) in [5.74, 6) is -1.20. The number of para-hydroxylation sites is 1. The van der Waals surface area contributed by atoms with E-state index in [0.29, 0.717) is 0 Å². The number of carbonyl (C=O) groups is 1. The van der Waals surface area contributed by atoms with Crippen molar-refractivity contribution in [3.8, 4) is 23.2 Å². The van der Waals surface area contributed by atoms with Crippen LogP contribution >= 0.6 is 0 Å². The largest absolute Gasteiger partial charge is 0.405 e. The van der Waals surface area contributed by atoms with Crippen LogP contribution in [-0.4, -0.2) is 55.8 Å². The molecule has 0 saturated carbocycles. The zero-order valence-electron chi connectivity index (χ0n) is 17.5. The number of nitrogens with zero attached hydrogens (tertiary/aromatic N) is 7. The van der Waals surface area contributed by atoms with Crippen LogP contribution < -0.4 is 16.0 Å². The number of pyridine rings is 1. The van der Waals surface area contributed by atoms with Crippen LogP contribution in [-0.2, 0) is 0 Å². The SMILES string of the molecule is CN(c1ccccc1)c1nc(N)nc(-c2noc(-c3ncccc3C(=O)NCC(F)(F)F)n2)n1. The van der Waals surface area contributed by atoms with E-state index in [2.05, 4.69) is 30.1 Å². The molecule has 0 spiro atoms. The first-order chi connectivity index (χ1) is 16.2. The van der Waals surface area contributed by atoms with Crippen LogP contribution in [0.15, 0.2) is 53.2 Å². The van der Waals surface area contributed by atoms with Gasteiger partial charge >= 0.3 is 6.18 Å². The molecule has 0 aliphatic carbocycles. The number of nitrogens with one attached hydrogen (secondary N) is 1. The fourth-order valence-electron chi connectivity index (χ4n) is 2.84. The summed E-state index contributed by atoms with van der Waals surface area (Å²) < 4.78 is 42.6. The molecule has 3 N–H and O–H groups in total. The van der Waals surface area contributed by atoms with Gasteiger partial charge in [0, 0.05) is 18.9 Å². The third kappa shape index (κ3) is 5.06. The number of aromatic nitrogens is 6. The molecule has 14 heteroatoms. The highest BCUT2D eigenvalue weighted by molar-refractivity contribution is 5.99. The van der Waals surface area contributed by atoms with Crippen molar-refractivity contribution in [2.24, 2.45) is 0 Å². The number of carbonyl (C=O) groups excluding carboxylic acids is 1. The second-order valence-electron chi connectivity index (χ2n) is 6.83. The normalized spacial score (nSPS) is 11.3. The number of nitrogen functional groups attached to an aromatic ring is 1. The number of amides is 1. The van der Waals surface area contributed by atoms with Crippen LogP contribution in [0.3, 0.4) is 0 Å². The minimum absolute atomic E-state index is 0.0146. The number of anilines is 3. The minimum atomic E-state index is -4.57. The average Bonchev–Trinajstić information content (AvgIpc) is 3.32. The van der Waals surface area contributed by atoms with Gasteiger partial charge in [0.1, 0.15) is 12.2 Å². The summed E-state index contributed by atoms with van der Waals surface area (Å²) in [7, 11) is 1.73. The van der Waals surface area contributed by atoms with Crippen molar-refractivity contribution in [2.45, 2.75) is 6.18 Å². The molecule has 0 aliphatic rings. The summed E-state index contributed by atoms with van der Waals surface area (Å²) in [4.78, 5) is 34.5. The van der Waals surface area contributed by atoms with Crippen LogP contribution in [0.5, 0.6) is 0 Å². The number of alkyl halides is 3. The first kappa shape index (κ1) is 22.6. The van der Waals surface area contributed by atoms with Gasteiger partial charge in [-0.2, -0.15) is 33.1 Å². The van der Waals surface area contributed by atoms with Gasteiger partial charge in [0.15, 0.2) is 0 Å². The standard InChI is InChI=1S/C20H16F3N9O2/c1-32(11-6-3-2-4-7-11)19-29-14(28-18(24)30-19)15-27-17(34-31-15)13-12(8-5-9-25-13)16(33)26-10-20(21,22)23/h2-9H,10H2,1H3,(H,26,33)(H2,24,28,29,30). The molecule has 4 aromatic rings. The van der Waals surface area contributed by atoms with Gasteiger partial charge in [0.25, 0.3) is 11.8 Å². The Bertz CT molecular complexity index is 1310. The Labute approximate surface area is 189 Å². The van der Waals surface area contributed by atoms with Crippen molar-refractivity contribution in [3.63, 3.8) is 0 Å². The number of hydrogen-bond donors (Lipinski definition) is 2. The van der Waals surface area contributed by atoms with Crippen molar-refractivity contribution in [1.82, 2.24) is 35.4 Å². The monoisotopic (exact) mass is 471 g/mol. The van der Waals surface area contributed by atoms with E-state index >= 15 is 0 Å². The average molecular weight is 471 g/mol. The van der Waals surface area contributed by atoms with Gasteiger partial charge < -0.3 is 20.5 Å². The highest BCUT2D eigenvalue weighted by Gasteiger charge is 2.29. The fraction of sp³-hybridized carbons (Fsp3) is 0.150. The molecule has 0 atom stereocenters. The zero-order chi connectivity index (χ0) is 24.3. The van der Waals surface area contributed by atoms with E-state index in [-0.39, 0.29) is 40.7 Å². The molecule has 1 amide bonds. The van der Waals surface area contributed by atoms with Crippen molar-refractivity contribution < 1.29 is 22.5 Å². The number of rotatable bonds is 6. The summed E-state index contributed by atoms with van der Waals surface area (Å²) in [6, 6.07) is 11.9. The molecular weight excluding hydrogens is 455 g/mol. The molecule has 11 nitrogen and oxygen atoms in total. The summed E-state index contributed by atoms with van der Waals surface area (Å²) >= 11 is 0. The van der Waals surface area contributed by atoms with Gasteiger partial charge in [-0.05, 0) is 24.3 Å². The Hall–Kier alpha value is -4.62. The maximum atomic E-state index is 12.5. The molecule has 1 aromatic carbocycles. The van der Waals surface area contributed by atoms with Crippen molar-refractivity contribution in [2.75, 3.05) is 24.2 Å². The van der Waals surface area contributed by atoms with Gasteiger partial charge in [-0.25, -0.2) is 0 Å². The van der Waals surface area contributed by atoms with E-state index in [0.717, 1.165) is 5.69 Å². The predicted molar refractivity (Wildman–Crippen MR) is 114 cm³/mol. The molecule has 0 fully saturated rings. The third-order valence-electron chi connectivity index (χ3n) is 4.41. The summed E-state index contributed by atoms with van der Waals surface area (Å²) in [5.41, 5.74) is 6.33. The molecular formula is C20H16F3N9O2. The van der Waals surface area contributed by atoms with Gasteiger partial charge in [-0.3, -0.25) is 9.78 Å². The first-order valence-electron chi connectivity index (χ1n) is 9.66. The molecule has 174 valence electrons. The molecule has 3 heterocycles. The topological polar surface area (TPSA) is 149 Å². The van der Waals surface area contributed by atoms with Crippen LogP contribution in [0, 0.1) is 0 Å². The fourth-order valence-corrected chi connectivity index (χ4v) is 2.84. The second kappa shape index (κ2) is 9.09. The van der Waals surface area contributed by atoms with Crippen LogP contribution in [0.2, 0.25) is 0 Å². The van der Waals surface area contributed by atoms with E-state index in [1.165, 1.54) is 18.3 Å². The summed E-state index contributed by atoms with van der Waals surface area (Å²) in [6.45, 7) is -1.50. The Balaban J connectivity index is 1.64. The van der Waals surface area contributed by atoms with E-state index in [4.69, 9.17) is 10.3 Å². The Morgan fingerprint density at radius 3 is 2.56 bits per heavy atom. The van der Waals surface area contributed by atoms with E-state index < -0.39 is 18.6 Å². The molecule has 4 rings (SSSR count).